The molecule has 2 heterocycles. The Morgan fingerprint density at radius 3 is 2.61 bits per heavy atom. The van der Waals surface area contributed by atoms with E-state index in [2.05, 4.69) is 20.2 Å². The van der Waals surface area contributed by atoms with Gasteiger partial charge in [0.25, 0.3) is 0 Å². The Bertz CT molecular complexity index is 720. The number of rotatable bonds is 7. The highest BCUT2D eigenvalue weighted by Gasteiger charge is 2.23. The summed E-state index contributed by atoms with van der Waals surface area (Å²) in [6, 6.07) is 0. The van der Waals surface area contributed by atoms with Gasteiger partial charge in [-0.05, 0) is 26.3 Å². The van der Waals surface area contributed by atoms with Crippen LogP contribution in [0.5, 0.6) is 0 Å². The van der Waals surface area contributed by atoms with Crippen molar-refractivity contribution in [3.8, 4) is 0 Å². The highest BCUT2D eigenvalue weighted by molar-refractivity contribution is 7.99. The third-order valence-corrected chi connectivity index (χ3v) is 4.22. The summed E-state index contributed by atoms with van der Waals surface area (Å²) in [5.41, 5.74) is 2.16. The number of ketones is 1. The van der Waals surface area contributed by atoms with Gasteiger partial charge < -0.3 is 9.72 Å². The number of thioether (sulfide) groups is 1. The van der Waals surface area contributed by atoms with Crippen molar-refractivity contribution in [2.45, 2.75) is 39.3 Å². The average Bonchev–Trinajstić information content (AvgIpc) is 3.09. The lowest BCUT2D eigenvalue weighted by Gasteiger charge is -2.02. The van der Waals surface area contributed by atoms with E-state index in [0.717, 1.165) is 12.2 Å². The minimum Gasteiger partial charge on any atom is -0.461 e. The van der Waals surface area contributed by atoms with Gasteiger partial charge in [-0.25, -0.2) is 9.78 Å². The van der Waals surface area contributed by atoms with E-state index in [0.29, 0.717) is 34.3 Å². The van der Waals surface area contributed by atoms with Gasteiger partial charge in [0.15, 0.2) is 5.78 Å². The maximum atomic E-state index is 12.5. The first-order valence-corrected chi connectivity index (χ1v) is 8.40. The van der Waals surface area contributed by atoms with E-state index < -0.39 is 5.97 Å². The van der Waals surface area contributed by atoms with E-state index in [4.69, 9.17) is 4.74 Å². The number of Topliss-reactive ketones (excluding diaryl/α,β-unsaturated/α-hetero) is 1. The minimum absolute atomic E-state index is 0.0698. The Morgan fingerprint density at radius 1 is 1.26 bits per heavy atom. The molecule has 2 aromatic rings. The van der Waals surface area contributed by atoms with Crippen molar-refractivity contribution in [2.24, 2.45) is 0 Å². The van der Waals surface area contributed by atoms with Gasteiger partial charge >= 0.3 is 5.97 Å². The minimum atomic E-state index is -0.443. The lowest BCUT2D eigenvalue weighted by Crippen LogP contribution is -2.08. The fourth-order valence-corrected chi connectivity index (χ4v) is 2.97. The molecule has 0 saturated heterocycles. The number of ether oxygens (including phenoxy) is 1. The summed E-state index contributed by atoms with van der Waals surface area (Å²) in [6.45, 7) is 7.53. The zero-order chi connectivity index (χ0) is 17.0. The number of carbonyl (C=O) groups excluding carboxylic acids is 2. The number of H-pyrrole nitrogens is 2. The second-order valence-electron chi connectivity index (χ2n) is 4.98. The Labute approximate surface area is 138 Å². The third-order valence-electron chi connectivity index (χ3n) is 3.37. The Balaban J connectivity index is 2.11. The molecule has 2 N–H and O–H groups in total. The van der Waals surface area contributed by atoms with Crippen LogP contribution >= 0.6 is 11.8 Å². The lowest BCUT2D eigenvalue weighted by molar-refractivity contribution is 0.0519. The van der Waals surface area contributed by atoms with E-state index in [1.807, 2.05) is 6.92 Å². The van der Waals surface area contributed by atoms with Crippen LogP contribution in [0.25, 0.3) is 0 Å². The van der Waals surface area contributed by atoms with Gasteiger partial charge in [0.2, 0.25) is 5.16 Å². The molecule has 0 radical (unpaired) electrons. The molecule has 0 aliphatic rings. The van der Waals surface area contributed by atoms with E-state index in [9.17, 15) is 9.59 Å². The Kier molecular flexibility index (Phi) is 5.59. The second kappa shape index (κ2) is 7.45. The molecule has 124 valence electrons. The van der Waals surface area contributed by atoms with Crippen LogP contribution in [0.3, 0.4) is 0 Å². The fourth-order valence-electron chi connectivity index (χ4n) is 2.28. The third kappa shape index (κ3) is 3.82. The molecule has 8 heteroatoms. The van der Waals surface area contributed by atoms with Gasteiger partial charge in [0, 0.05) is 17.7 Å². The van der Waals surface area contributed by atoms with Gasteiger partial charge in [0.1, 0.15) is 11.5 Å². The summed E-state index contributed by atoms with van der Waals surface area (Å²) in [6.07, 6.45) is 0.764. The molecule has 2 aromatic heterocycles. The Morgan fingerprint density at radius 2 is 2.00 bits per heavy atom. The summed E-state index contributed by atoms with van der Waals surface area (Å²) in [4.78, 5) is 31.6. The maximum absolute atomic E-state index is 12.5. The quantitative estimate of drug-likeness (QED) is 0.457. The van der Waals surface area contributed by atoms with Gasteiger partial charge in [0.05, 0.1) is 12.4 Å². The molecule has 7 nitrogen and oxygen atoms in total. The van der Waals surface area contributed by atoms with Gasteiger partial charge in [-0.3, -0.25) is 9.89 Å². The predicted molar refractivity (Wildman–Crippen MR) is 87.0 cm³/mol. The maximum Gasteiger partial charge on any atom is 0.355 e. The fraction of sp³-hybridized carbons (Fsp3) is 0.467. The van der Waals surface area contributed by atoms with E-state index in [1.54, 1.807) is 20.8 Å². The van der Waals surface area contributed by atoms with Crippen LogP contribution < -0.4 is 0 Å². The van der Waals surface area contributed by atoms with Gasteiger partial charge in [-0.1, -0.05) is 18.7 Å². The van der Waals surface area contributed by atoms with Gasteiger partial charge in [-0.2, -0.15) is 0 Å². The average molecular weight is 336 g/mol. The number of aromatic amines is 2. The molecule has 0 unspecified atom stereocenters. The monoisotopic (exact) mass is 336 g/mol. The molecule has 0 fully saturated rings. The summed E-state index contributed by atoms with van der Waals surface area (Å²) >= 11 is 1.27. The summed E-state index contributed by atoms with van der Waals surface area (Å²) in [7, 11) is 0. The van der Waals surface area contributed by atoms with E-state index in [1.165, 1.54) is 11.8 Å². The molecule has 0 amide bonds. The number of carbonyl (C=O) groups is 2. The standard InChI is InChI=1S/C15H20N4O3S/c1-5-11-17-15(19-18-11)23-7-10(20)12-8(3)13(16-9(12)4)14(21)22-6-2/h16H,5-7H2,1-4H3,(H,17,18,19). The number of aryl methyl sites for hydroxylation is 2. The molecule has 0 aliphatic heterocycles. The predicted octanol–water partition coefficient (Wildman–Crippen LogP) is 2.46. The molecule has 23 heavy (non-hydrogen) atoms. The van der Waals surface area contributed by atoms with E-state index in [-0.39, 0.29) is 11.5 Å². The van der Waals surface area contributed by atoms with Gasteiger partial charge in [-0.15, -0.1) is 5.10 Å². The topological polar surface area (TPSA) is 101 Å². The molecular weight excluding hydrogens is 316 g/mol. The zero-order valence-corrected chi connectivity index (χ0v) is 14.5. The van der Waals surface area contributed by atoms with Crippen molar-refractivity contribution in [1.82, 2.24) is 20.2 Å². The molecule has 0 atom stereocenters. The molecule has 0 aliphatic carbocycles. The van der Waals surface area contributed by atoms with Crippen molar-refractivity contribution < 1.29 is 14.3 Å². The number of hydrogen-bond acceptors (Lipinski definition) is 6. The van der Waals surface area contributed by atoms with Crippen molar-refractivity contribution >= 4 is 23.5 Å². The van der Waals surface area contributed by atoms with Crippen molar-refractivity contribution in [1.29, 1.82) is 0 Å². The van der Waals surface area contributed by atoms with Crippen molar-refractivity contribution in [3.63, 3.8) is 0 Å². The zero-order valence-electron chi connectivity index (χ0n) is 13.6. The normalized spacial score (nSPS) is 10.8. The molecular formula is C15H20N4O3S. The first-order valence-electron chi connectivity index (χ1n) is 7.41. The first kappa shape index (κ1) is 17.3. The lowest BCUT2D eigenvalue weighted by atomic mass is 10.1. The second-order valence-corrected chi connectivity index (χ2v) is 5.92. The Hall–Kier alpha value is -2.09. The van der Waals surface area contributed by atoms with Crippen LogP contribution in [0, 0.1) is 13.8 Å². The largest absolute Gasteiger partial charge is 0.461 e. The summed E-state index contributed by atoms with van der Waals surface area (Å²) in [5, 5.41) is 7.41. The number of esters is 1. The van der Waals surface area contributed by atoms with Crippen LogP contribution in [0.15, 0.2) is 5.16 Å². The van der Waals surface area contributed by atoms with Crippen LogP contribution in [0.1, 0.15) is 51.8 Å². The van der Waals surface area contributed by atoms with E-state index >= 15 is 0 Å². The number of aromatic nitrogens is 4. The molecule has 0 bridgehead atoms. The molecule has 2 rings (SSSR count). The molecule has 0 aromatic carbocycles. The molecule has 0 saturated carbocycles. The summed E-state index contributed by atoms with van der Waals surface area (Å²) < 4.78 is 4.99. The SMILES string of the molecule is CCOC(=O)c1[nH]c(C)c(C(=O)CSc2n[nH]c(CC)n2)c1C. The molecule has 0 spiro atoms. The van der Waals surface area contributed by atoms with Crippen molar-refractivity contribution in [3.05, 3.63) is 28.3 Å². The number of nitrogens with zero attached hydrogens (tertiary/aromatic N) is 2. The highest BCUT2D eigenvalue weighted by atomic mass is 32.2. The first-order chi connectivity index (χ1) is 11.0. The summed E-state index contributed by atoms with van der Waals surface area (Å²) in [5.74, 6) is 0.488. The van der Waals surface area contributed by atoms with Crippen LogP contribution in [-0.2, 0) is 11.2 Å². The van der Waals surface area contributed by atoms with Crippen LogP contribution in [-0.4, -0.2) is 44.3 Å². The van der Waals surface area contributed by atoms with Crippen molar-refractivity contribution in [2.75, 3.05) is 12.4 Å². The highest BCUT2D eigenvalue weighted by Crippen LogP contribution is 2.22. The smallest absolute Gasteiger partial charge is 0.355 e. The number of nitrogens with one attached hydrogen (secondary N) is 2. The van der Waals surface area contributed by atoms with Crippen LogP contribution in [0.4, 0.5) is 0 Å². The van der Waals surface area contributed by atoms with Crippen LogP contribution in [0.2, 0.25) is 0 Å². The number of hydrogen-bond donors (Lipinski definition) is 2.